The average molecular weight is 523 g/mol. The van der Waals surface area contributed by atoms with E-state index in [0.717, 1.165) is 41.7 Å². The third kappa shape index (κ3) is 3.65. The molecule has 2 unspecified atom stereocenters. The second kappa shape index (κ2) is 8.76. The van der Waals surface area contributed by atoms with Gasteiger partial charge in [0.05, 0.1) is 22.9 Å². The molecule has 3 aliphatic rings. The molecule has 186 valence electrons. The van der Waals surface area contributed by atoms with E-state index in [9.17, 15) is 14.9 Å². The number of nitrogens with two attached hydrogens (primary N) is 1. The van der Waals surface area contributed by atoms with Crippen molar-refractivity contribution in [1.82, 2.24) is 30.8 Å². The van der Waals surface area contributed by atoms with Gasteiger partial charge in [-0.3, -0.25) is 9.59 Å². The Morgan fingerprint density at radius 1 is 1.42 bits per heavy atom. The first-order valence-corrected chi connectivity index (χ1v) is 13.8. The number of likely N-dealkylation sites (tertiary alicyclic amines) is 1. The number of nitriles is 1. The van der Waals surface area contributed by atoms with Gasteiger partial charge in [0, 0.05) is 21.8 Å². The van der Waals surface area contributed by atoms with Gasteiger partial charge in [-0.05, 0) is 73.6 Å². The van der Waals surface area contributed by atoms with Crippen LogP contribution in [-0.4, -0.2) is 62.0 Å². The standard InChI is InChI=1S/C24H26N8O2S2/c1-12(27-11-20(33)32-15(10-25)6-14-7-17(14)32)9-24(23-28-30-31-29-23)16-4-5-35-18(16)3-2-13-8-19(22(26)34)36-21(13)24/h4-5,8,12,14-15,17,27H,2-3,6-7,9,11H2,1H3,(H2,26,34)(H,28,29,30,31)/t12-,14-,15?,17+,24?/m1/s1. The van der Waals surface area contributed by atoms with Crippen LogP contribution >= 0.6 is 22.7 Å². The molecule has 0 bridgehead atoms. The van der Waals surface area contributed by atoms with Crippen LogP contribution in [0.1, 0.15) is 62.6 Å². The molecule has 2 aliphatic carbocycles. The molecule has 1 aliphatic heterocycles. The summed E-state index contributed by atoms with van der Waals surface area (Å²) in [6.45, 7) is 2.20. The number of carbonyl (C=O) groups excluding carboxylic acids is 2. The van der Waals surface area contributed by atoms with Crippen LogP contribution < -0.4 is 11.1 Å². The minimum absolute atomic E-state index is 0.0306. The average Bonchev–Trinajstić information content (AvgIpc) is 3.39. The number of nitrogens with one attached hydrogen (secondary N) is 2. The molecule has 6 rings (SSSR count). The van der Waals surface area contributed by atoms with Gasteiger partial charge in [0.25, 0.3) is 5.91 Å². The van der Waals surface area contributed by atoms with E-state index in [1.54, 1.807) is 16.2 Å². The molecule has 12 heteroatoms. The van der Waals surface area contributed by atoms with Crippen LogP contribution in [0.4, 0.5) is 0 Å². The minimum Gasteiger partial charge on any atom is -0.365 e. The van der Waals surface area contributed by atoms with Crippen molar-refractivity contribution in [2.45, 2.75) is 62.6 Å². The summed E-state index contributed by atoms with van der Waals surface area (Å²) in [6.07, 6.45) is 3.99. The summed E-state index contributed by atoms with van der Waals surface area (Å²) in [5, 5.41) is 30.3. The third-order valence-corrected chi connectivity index (χ3v) is 10.1. The molecule has 0 aromatic carbocycles. The van der Waals surface area contributed by atoms with Crippen molar-refractivity contribution in [3.05, 3.63) is 49.1 Å². The van der Waals surface area contributed by atoms with Crippen molar-refractivity contribution < 1.29 is 9.59 Å². The van der Waals surface area contributed by atoms with Gasteiger partial charge in [0.2, 0.25) is 5.91 Å². The molecule has 36 heavy (non-hydrogen) atoms. The van der Waals surface area contributed by atoms with Gasteiger partial charge < -0.3 is 16.0 Å². The topological polar surface area (TPSA) is 154 Å². The summed E-state index contributed by atoms with van der Waals surface area (Å²) in [5.74, 6) is 0.538. The summed E-state index contributed by atoms with van der Waals surface area (Å²) >= 11 is 3.10. The summed E-state index contributed by atoms with van der Waals surface area (Å²) in [5.41, 5.74) is 7.10. The minimum atomic E-state index is -0.744. The van der Waals surface area contributed by atoms with E-state index in [0.29, 0.717) is 23.0 Å². The Bertz CT molecular complexity index is 1360. The lowest BCUT2D eigenvalue weighted by Crippen LogP contribution is -2.46. The van der Waals surface area contributed by atoms with Crippen LogP contribution in [0.25, 0.3) is 0 Å². The van der Waals surface area contributed by atoms with Gasteiger partial charge in [-0.2, -0.15) is 10.5 Å². The highest BCUT2D eigenvalue weighted by Gasteiger charge is 2.54. The number of fused-ring (bicyclic) bond motifs is 3. The maximum atomic E-state index is 13.1. The maximum Gasteiger partial charge on any atom is 0.258 e. The fourth-order valence-corrected chi connectivity index (χ4v) is 8.29. The van der Waals surface area contributed by atoms with E-state index >= 15 is 0 Å². The highest BCUT2D eigenvalue weighted by atomic mass is 32.1. The van der Waals surface area contributed by atoms with Crippen LogP contribution in [0.5, 0.6) is 0 Å². The second-order valence-corrected chi connectivity index (χ2v) is 12.0. The molecular weight excluding hydrogens is 496 g/mol. The Labute approximate surface area is 215 Å². The molecule has 10 nitrogen and oxygen atoms in total. The normalized spacial score (nSPS) is 26.9. The Kier molecular flexibility index (Phi) is 5.66. The zero-order chi connectivity index (χ0) is 25.0. The number of nitrogens with zero attached hydrogens (tertiary/aromatic N) is 5. The number of rotatable bonds is 7. The quantitative estimate of drug-likeness (QED) is 0.427. The van der Waals surface area contributed by atoms with Gasteiger partial charge in [-0.1, -0.05) is 5.21 Å². The van der Waals surface area contributed by atoms with Crippen molar-refractivity contribution in [2.75, 3.05) is 6.54 Å². The van der Waals surface area contributed by atoms with Crippen molar-refractivity contribution in [1.29, 1.82) is 5.26 Å². The van der Waals surface area contributed by atoms with E-state index in [2.05, 4.69) is 43.5 Å². The molecule has 1 saturated heterocycles. The lowest BCUT2D eigenvalue weighted by Gasteiger charge is -2.34. The van der Waals surface area contributed by atoms with Gasteiger partial charge >= 0.3 is 0 Å². The molecule has 4 N–H and O–H groups in total. The van der Waals surface area contributed by atoms with Crippen molar-refractivity contribution >= 4 is 34.5 Å². The zero-order valence-electron chi connectivity index (χ0n) is 19.7. The number of tetrazole rings is 1. The molecular formula is C24H26N8O2S2. The Morgan fingerprint density at radius 3 is 3.03 bits per heavy atom. The molecule has 5 atom stereocenters. The molecule has 0 spiro atoms. The van der Waals surface area contributed by atoms with Gasteiger partial charge in [-0.25, -0.2) is 0 Å². The van der Waals surface area contributed by atoms with E-state index < -0.39 is 11.3 Å². The number of carbonyl (C=O) groups is 2. The number of aromatic nitrogens is 4. The molecule has 2 fully saturated rings. The highest BCUT2D eigenvalue weighted by Crippen LogP contribution is 2.51. The van der Waals surface area contributed by atoms with E-state index in [4.69, 9.17) is 5.73 Å². The maximum absolute atomic E-state index is 13.1. The van der Waals surface area contributed by atoms with Crippen LogP contribution in [0.2, 0.25) is 0 Å². The summed E-state index contributed by atoms with van der Waals surface area (Å²) in [6, 6.07) is 6.09. The molecule has 4 heterocycles. The van der Waals surface area contributed by atoms with Gasteiger partial charge in [-0.15, -0.1) is 32.9 Å². The fourth-order valence-electron chi connectivity index (χ4n) is 6.06. The Balaban J connectivity index is 1.33. The summed E-state index contributed by atoms with van der Waals surface area (Å²) in [7, 11) is 0. The first-order valence-electron chi connectivity index (χ1n) is 12.1. The molecule has 3 aromatic heterocycles. The molecule has 3 aromatic rings. The summed E-state index contributed by atoms with van der Waals surface area (Å²) in [4.78, 5) is 29.7. The number of hydrogen-bond donors (Lipinski definition) is 3. The van der Waals surface area contributed by atoms with Crippen molar-refractivity contribution in [3.63, 3.8) is 0 Å². The first-order chi connectivity index (χ1) is 17.4. The molecule has 2 amide bonds. The molecule has 0 radical (unpaired) electrons. The number of aromatic amines is 1. The monoisotopic (exact) mass is 522 g/mol. The van der Waals surface area contributed by atoms with Gasteiger partial charge in [0.1, 0.15) is 6.04 Å². The zero-order valence-corrected chi connectivity index (χ0v) is 21.4. The smallest absolute Gasteiger partial charge is 0.258 e. The number of piperidine rings is 1. The molecule has 1 saturated carbocycles. The van der Waals surface area contributed by atoms with Crippen LogP contribution in [0.3, 0.4) is 0 Å². The van der Waals surface area contributed by atoms with Crippen LogP contribution in [0.15, 0.2) is 17.5 Å². The number of hydrogen-bond acceptors (Lipinski definition) is 9. The highest BCUT2D eigenvalue weighted by molar-refractivity contribution is 7.14. The van der Waals surface area contributed by atoms with Crippen LogP contribution in [-0.2, 0) is 23.1 Å². The van der Waals surface area contributed by atoms with E-state index in [1.807, 2.05) is 13.0 Å². The van der Waals surface area contributed by atoms with E-state index in [-0.39, 0.29) is 30.6 Å². The number of amides is 2. The van der Waals surface area contributed by atoms with Gasteiger partial charge in [0.15, 0.2) is 5.82 Å². The number of primary amides is 1. The second-order valence-electron chi connectivity index (χ2n) is 9.96. The first kappa shape index (κ1) is 23.3. The number of H-pyrrole nitrogens is 1. The lowest BCUT2D eigenvalue weighted by molar-refractivity contribution is -0.131. The Hall–Kier alpha value is -3.14. The largest absolute Gasteiger partial charge is 0.365 e. The number of thiophene rings is 2. The number of aryl methyl sites for hydroxylation is 2. The third-order valence-electron chi connectivity index (χ3n) is 7.75. The predicted octanol–water partition coefficient (Wildman–Crippen LogP) is 1.74. The fraction of sp³-hybridized carbons (Fsp3) is 0.500. The summed E-state index contributed by atoms with van der Waals surface area (Å²) < 4.78 is 0. The predicted molar refractivity (Wildman–Crippen MR) is 133 cm³/mol. The Morgan fingerprint density at radius 2 is 2.28 bits per heavy atom. The van der Waals surface area contributed by atoms with Crippen molar-refractivity contribution in [3.8, 4) is 6.07 Å². The van der Waals surface area contributed by atoms with Crippen LogP contribution in [0, 0.1) is 17.2 Å². The van der Waals surface area contributed by atoms with E-state index in [1.165, 1.54) is 16.2 Å². The van der Waals surface area contributed by atoms with Crippen molar-refractivity contribution in [2.24, 2.45) is 11.7 Å². The lowest BCUT2D eigenvalue weighted by atomic mass is 9.73. The SMILES string of the molecule is C[C@H](CC1(c2nn[nH]n2)c2ccsc2CCc2cc(C(N)=O)sc21)NCC(=O)N1C(C#N)C[C@@H]2C[C@@H]21.